The highest BCUT2D eigenvalue weighted by molar-refractivity contribution is 7.97. The predicted molar refractivity (Wildman–Crippen MR) is 99.1 cm³/mol. The van der Waals surface area contributed by atoms with Gasteiger partial charge in [0.15, 0.2) is 0 Å². The second-order valence-electron chi connectivity index (χ2n) is 6.94. The minimum Gasteiger partial charge on any atom is -0.399 e. The van der Waals surface area contributed by atoms with Gasteiger partial charge in [-0.15, -0.1) is 0 Å². The summed E-state index contributed by atoms with van der Waals surface area (Å²) >= 11 is 1.61. The van der Waals surface area contributed by atoms with Gasteiger partial charge in [-0.1, -0.05) is 12.1 Å². The molecule has 0 saturated carbocycles. The van der Waals surface area contributed by atoms with Crippen molar-refractivity contribution < 1.29 is 9.31 Å². The van der Waals surface area contributed by atoms with Crippen LogP contribution < -0.4 is 10.2 Å². The van der Waals surface area contributed by atoms with E-state index in [9.17, 15) is 0 Å². The van der Waals surface area contributed by atoms with Gasteiger partial charge in [0, 0.05) is 23.8 Å². The molecule has 6 heteroatoms. The molecule has 2 heterocycles. The number of rotatable bonds is 5. The number of aromatic nitrogens is 1. The zero-order valence-corrected chi connectivity index (χ0v) is 15.4. The van der Waals surface area contributed by atoms with Crippen LogP contribution in [0, 0.1) is 0 Å². The number of pyridine rings is 1. The largest absolute Gasteiger partial charge is 0.494 e. The highest BCUT2D eigenvalue weighted by atomic mass is 32.2. The van der Waals surface area contributed by atoms with Gasteiger partial charge in [0.25, 0.3) is 0 Å². The smallest absolute Gasteiger partial charge is 0.399 e. The summed E-state index contributed by atoms with van der Waals surface area (Å²) in [5.41, 5.74) is 1.65. The molecule has 1 aromatic carbocycles. The maximum Gasteiger partial charge on any atom is 0.494 e. The molecule has 24 heavy (non-hydrogen) atoms. The number of benzene rings is 1. The van der Waals surface area contributed by atoms with Gasteiger partial charge in [0.2, 0.25) is 0 Å². The predicted octanol–water partition coefficient (Wildman–Crippen LogP) is 3.18. The van der Waals surface area contributed by atoms with Gasteiger partial charge in [-0.25, -0.2) is 0 Å². The molecule has 0 radical (unpaired) electrons. The van der Waals surface area contributed by atoms with E-state index in [1.165, 1.54) is 5.56 Å². The summed E-state index contributed by atoms with van der Waals surface area (Å²) in [6.45, 7) is 9.08. The Balaban J connectivity index is 1.56. The molecule has 4 nitrogen and oxygen atoms in total. The molecule has 1 aliphatic heterocycles. The Kier molecular flexibility index (Phi) is 5.01. The summed E-state index contributed by atoms with van der Waals surface area (Å²) in [5, 5.41) is 0. The Morgan fingerprint density at radius 2 is 1.54 bits per heavy atom. The standard InChI is InChI=1S/C18H23BN2O2S/c1-17(2)18(3,4)23-19(22-17)15-5-7-16(8-6-15)24-21-13-14-9-11-20-12-10-14/h5-12,21H,13H2,1-4H3. The molecule has 0 unspecified atom stereocenters. The average molecular weight is 342 g/mol. The second kappa shape index (κ2) is 6.88. The summed E-state index contributed by atoms with van der Waals surface area (Å²) in [4.78, 5) is 5.18. The van der Waals surface area contributed by atoms with Gasteiger partial charge in [0.1, 0.15) is 0 Å². The number of hydrogen-bond donors (Lipinski definition) is 1. The zero-order chi connectivity index (χ0) is 17.2. The third-order valence-corrected chi connectivity index (χ3v) is 5.42. The Morgan fingerprint density at radius 3 is 2.12 bits per heavy atom. The lowest BCUT2D eigenvalue weighted by Crippen LogP contribution is -2.41. The van der Waals surface area contributed by atoms with E-state index in [1.807, 2.05) is 12.1 Å². The third-order valence-electron chi connectivity index (χ3n) is 4.62. The van der Waals surface area contributed by atoms with Crippen molar-refractivity contribution >= 4 is 24.5 Å². The van der Waals surface area contributed by atoms with Gasteiger partial charge in [-0.2, -0.15) is 0 Å². The van der Waals surface area contributed by atoms with E-state index >= 15 is 0 Å². The molecule has 1 aliphatic rings. The van der Waals surface area contributed by atoms with E-state index in [0.717, 1.165) is 16.9 Å². The van der Waals surface area contributed by atoms with Crippen LogP contribution in [0.1, 0.15) is 33.3 Å². The topological polar surface area (TPSA) is 43.4 Å². The maximum atomic E-state index is 6.08. The molecule has 0 aliphatic carbocycles. The lowest BCUT2D eigenvalue weighted by Gasteiger charge is -2.32. The van der Waals surface area contributed by atoms with Crippen LogP contribution in [0.3, 0.4) is 0 Å². The fourth-order valence-electron chi connectivity index (χ4n) is 2.38. The molecular weight excluding hydrogens is 319 g/mol. The Morgan fingerprint density at radius 1 is 0.958 bits per heavy atom. The van der Waals surface area contributed by atoms with Crippen LogP contribution in [0.25, 0.3) is 0 Å². The summed E-state index contributed by atoms with van der Waals surface area (Å²) in [7, 11) is -0.307. The summed E-state index contributed by atoms with van der Waals surface area (Å²) in [5.74, 6) is 0. The highest BCUT2D eigenvalue weighted by Crippen LogP contribution is 2.36. The van der Waals surface area contributed by atoms with Crippen molar-refractivity contribution in [3.8, 4) is 0 Å². The quantitative estimate of drug-likeness (QED) is 0.668. The summed E-state index contributed by atoms with van der Waals surface area (Å²) < 4.78 is 15.5. The van der Waals surface area contributed by atoms with E-state index in [-0.39, 0.29) is 18.3 Å². The molecule has 0 spiro atoms. The van der Waals surface area contributed by atoms with Crippen molar-refractivity contribution in [1.29, 1.82) is 0 Å². The first-order valence-corrected chi connectivity index (χ1v) is 8.93. The third kappa shape index (κ3) is 3.83. The molecule has 1 fully saturated rings. The molecule has 1 N–H and O–H groups in total. The fourth-order valence-corrected chi connectivity index (χ4v) is 3.05. The lowest BCUT2D eigenvalue weighted by molar-refractivity contribution is 0.00578. The highest BCUT2D eigenvalue weighted by Gasteiger charge is 2.51. The Bertz CT molecular complexity index is 661. The van der Waals surface area contributed by atoms with Gasteiger partial charge < -0.3 is 9.31 Å². The van der Waals surface area contributed by atoms with Crippen LogP contribution in [0.4, 0.5) is 0 Å². The molecule has 0 atom stereocenters. The van der Waals surface area contributed by atoms with E-state index < -0.39 is 0 Å². The molecule has 3 rings (SSSR count). The van der Waals surface area contributed by atoms with Crippen LogP contribution in [0.2, 0.25) is 0 Å². The normalized spacial score (nSPS) is 18.8. The second-order valence-corrected chi connectivity index (χ2v) is 7.90. The SMILES string of the molecule is CC1(C)OB(c2ccc(SNCc3ccncc3)cc2)OC1(C)C. The van der Waals surface area contributed by atoms with Crippen molar-refractivity contribution in [3.63, 3.8) is 0 Å². The number of nitrogens with one attached hydrogen (secondary N) is 1. The van der Waals surface area contributed by atoms with Gasteiger partial charge >= 0.3 is 7.12 Å². The number of nitrogens with zero attached hydrogens (tertiary/aromatic N) is 1. The van der Waals surface area contributed by atoms with E-state index in [1.54, 1.807) is 24.3 Å². The average Bonchev–Trinajstić information content (AvgIpc) is 2.77. The lowest BCUT2D eigenvalue weighted by atomic mass is 9.79. The van der Waals surface area contributed by atoms with Crippen LogP contribution >= 0.6 is 11.9 Å². The van der Waals surface area contributed by atoms with Crippen molar-refractivity contribution in [2.24, 2.45) is 0 Å². The van der Waals surface area contributed by atoms with Gasteiger partial charge in [0.05, 0.1) is 11.2 Å². The van der Waals surface area contributed by atoms with Crippen molar-refractivity contribution in [2.45, 2.75) is 50.3 Å². The van der Waals surface area contributed by atoms with Crippen molar-refractivity contribution in [2.75, 3.05) is 0 Å². The van der Waals surface area contributed by atoms with Crippen LogP contribution in [-0.2, 0) is 15.9 Å². The van der Waals surface area contributed by atoms with Crippen LogP contribution in [0.5, 0.6) is 0 Å². The molecule has 1 saturated heterocycles. The van der Waals surface area contributed by atoms with Gasteiger partial charge in [-0.3, -0.25) is 9.71 Å². The molecule has 0 amide bonds. The first-order chi connectivity index (χ1) is 11.4. The Labute approximate surface area is 148 Å². The molecule has 2 aromatic rings. The van der Waals surface area contributed by atoms with E-state index in [4.69, 9.17) is 9.31 Å². The molecular formula is C18H23BN2O2S. The first kappa shape index (κ1) is 17.5. The fraction of sp³-hybridized carbons (Fsp3) is 0.389. The van der Waals surface area contributed by atoms with Gasteiger partial charge in [-0.05, 0) is 74.9 Å². The minimum atomic E-state index is -0.308. The van der Waals surface area contributed by atoms with E-state index in [2.05, 4.69) is 61.7 Å². The maximum absolute atomic E-state index is 6.08. The molecule has 0 bridgehead atoms. The Hall–Kier alpha value is -1.34. The molecule has 126 valence electrons. The van der Waals surface area contributed by atoms with E-state index in [0.29, 0.717) is 0 Å². The number of hydrogen-bond acceptors (Lipinski definition) is 5. The first-order valence-electron chi connectivity index (χ1n) is 8.12. The van der Waals surface area contributed by atoms with Crippen molar-refractivity contribution in [3.05, 3.63) is 54.4 Å². The van der Waals surface area contributed by atoms with Crippen molar-refractivity contribution in [1.82, 2.24) is 9.71 Å². The zero-order valence-electron chi connectivity index (χ0n) is 14.6. The van der Waals surface area contributed by atoms with Crippen LogP contribution in [-0.4, -0.2) is 23.3 Å². The minimum absolute atomic E-state index is 0.307. The summed E-state index contributed by atoms with van der Waals surface area (Å²) in [6, 6.07) is 12.3. The van der Waals surface area contributed by atoms with Crippen LogP contribution in [0.15, 0.2) is 53.7 Å². The molecule has 1 aromatic heterocycles. The monoisotopic (exact) mass is 342 g/mol. The summed E-state index contributed by atoms with van der Waals surface area (Å²) in [6.07, 6.45) is 3.61.